The molecule has 25 heavy (non-hydrogen) atoms. The van der Waals surface area contributed by atoms with Crippen LogP contribution in [0.25, 0.3) is 0 Å². The molecule has 2 N–H and O–H groups in total. The summed E-state index contributed by atoms with van der Waals surface area (Å²) in [7, 11) is 2.92. The van der Waals surface area contributed by atoms with Gasteiger partial charge in [0.05, 0.1) is 26.0 Å². The molecule has 2 aromatic carbocycles. The van der Waals surface area contributed by atoms with Crippen LogP contribution in [0.15, 0.2) is 41.5 Å². The second-order valence-corrected chi connectivity index (χ2v) is 5.24. The van der Waals surface area contributed by atoms with Crippen molar-refractivity contribution in [2.45, 2.75) is 0 Å². The first-order chi connectivity index (χ1) is 12.0. The van der Waals surface area contributed by atoms with Crippen LogP contribution in [-0.2, 0) is 4.79 Å². The molecule has 0 aromatic heterocycles. The number of amides is 1. The molecule has 0 bridgehead atoms. The van der Waals surface area contributed by atoms with E-state index in [1.54, 1.807) is 30.3 Å². The summed E-state index contributed by atoms with van der Waals surface area (Å²) in [5.41, 5.74) is 2.60. The van der Waals surface area contributed by atoms with E-state index in [1.807, 2.05) is 0 Å². The normalized spacial score (nSPS) is 10.5. The van der Waals surface area contributed by atoms with E-state index in [4.69, 9.17) is 25.8 Å². The Balaban J connectivity index is 1.95. The number of aromatic hydroxyl groups is 1. The lowest BCUT2D eigenvalue weighted by Crippen LogP contribution is -2.24. The first-order valence-electron chi connectivity index (χ1n) is 7.18. The average Bonchev–Trinajstić information content (AvgIpc) is 2.61. The van der Waals surface area contributed by atoms with Crippen LogP contribution < -0.4 is 19.6 Å². The summed E-state index contributed by atoms with van der Waals surface area (Å²) in [6.07, 6.45) is 1.27. The van der Waals surface area contributed by atoms with Crippen molar-refractivity contribution in [3.63, 3.8) is 0 Å². The van der Waals surface area contributed by atoms with E-state index in [0.29, 0.717) is 27.8 Å². The summed E-state index contributed by atoms with van der Waals surface area (Å²) in [6, 6.07) is 9.69. The monoisotopic (exact) mass is 364 g/mol. The molecule has 2 aromatic rings. The van der Waals surface area contributed by atoms with Gasteiger partial charge in [-0.1, -0.05) is 17.7 Å². The van der Waals surface area contributed by atoms with E-state index in [-0.39, 0.29) is 12.4 Å². The maximum Gasteiger partial charge on any atom is 0.277 e. The Morgan fingerprint density at radius 2 is 2.04 bits per heavy atom. The topological polar surface area (TPSA) is 89.4 Å². The minimum absolute atomic E-state index is 0.0932. The predicted octanol–water partition coefficient (Wildman–Crippen LogP) is 2.59. The van der Waals surface area contributed by atoms with Crippen molar-refractivity contribution in [1.29, 1.82) is 0 Å². The number of halogens is 1. The van der Waals surface area contributed by atoms with Crippen LogP contribution in [0.3, 0.4) is 0 Å². The van der Waals surface area contributed by atoms with Gasteiger partial charge in [0.1, 0.15) is 23.0 Å². The Hall–Kier alpha value is -2.93. The predicted molar refractivity (Wildman–Crippen MR) is 93.9 cm³/mol. The third kappa shape index (κ3) is 5.29. The zero-order chi connectivity index (χ0) is 18.2. The van der Waals surface area contributed by atoms with Crippen molar-refractivity contribution in [3.05, 3.63) is 47.0 Å². The Bertz CT molecular complexity index is 780. The number of nitrogens with zero attached hydrogens (tertiary/aromatic N) is 1. The van der Waals surface area contributed by atoms with Gasteiger partial charge >= 0.3 is 0 Å². The quantitative estimate of drug-likeness (QED) is 0.582. The molecule has 0 aliphatic rings. The maximum atomic E-state index is 11.7. The van der Waals surface area contributed by atoms with Crippen LogP contribution in [-0.4, -0.2) is 38.1 Å². The highest BCUT2D eigenvalue weighted by molar-refractivity contribution is 6.30. The van der Waals surface area contributed by atoms with Gasteiger partial charge in [-0.3, -0.25) is 4.79 Å². The molecule has 0 aliphatic carbocycles. The van der Waals surface area contributed by atoms with E-state index in [9.17, 15) is 9.90 Å². The van der Waals surface area contributed by atoms with Gasteiger partial charge in [-0.05, 0) is 18.2 Å². The Morgan fingerprint density at radius 3 is 2.72 bits per heavy atom. The van der Waals surface area contributed by atoms with E-state index < -0.39 is 5.91 Å². The molecule has 2 rings (SSSR count). The van der Waals surface area contributed by atoms with Crippen molar-refractivity contribution in [2.75, 3.05) is 20.8 Å². The molecule has 0 saturated heterocycles. The molecule has 8 heteroatoms. The molecule has 0 atom stereocenters. The molecule has 0 aliphatic heterocycles. The van der Waals surface area contributed by atoms with Gasteiger partial charge in [0.15, 0.2) is 6.61 Å². The lowest BCUT2D eigenvalue weighted by atomic mass is 10.2. The number of carbonyl (C=O) groups is 1. The number of hydrogen-bond donors (Lipinski definition) is 2. The Kier molecular flexibility index (Phi) is 6.47. The van der Waals surface area contributed by atoms with Crippen molar-refractivity contribution < 1.29 is 24.1 Å². The van der Waals surface area contributed by atoms with Gasteiger partial charge in [-0.15, -0.1) is 0 Å². The molecule has 0 heterocycles. The second kappa shape index (κ2) is 8.79. The number of rotatable bonds is 7. The third-order valence-electron chi connectivity index (χ3n) is 3.10. The fourth-order valence-corrected chi connectivity index (χ4v) is 2.09. The molecule has 0 fully saturated rings. The molecule has 0 radical (unpaired) electrons. The van der Waals surface area contributed by atoms with Crippen LogP contribution in [0.4, 0.5) is 0 Å². The summed E-state index contributed by atoms with van der Waals surface area (Å²) in [6.45, 7) is -0.233. The van der Waals surface area contributed by atoms with E-state index in [0.717, 1.165) is 0 Å². The van der Waals surface area contributed by atoms with Crippen LogP contribution in [0, 0.1) is 0 Å². The smallest absolute Gasteiger partial charge is 0.277 e. The molecular weight excluding hydrogens is 348 g/mol. The number of ether oxygens (including phenoxy) is 3. The van der Waals surface area contributed by atoms with Gasteiger partial charge < -0.3 is 19.3 Å². The van der Waals surface area contributed by atoms with Gasteiger partial charge in [0.2, 0.25) is 0 Å². The van der Waals surface area contributed by atoms with Gasteiger partial charge in [-0.25, -0.2) is 5.43 Å². The summed E-state index contributed by atoms with van der Waals surface area (Å²) in [5, 5.41) is 14.3. The summed E-state index contributed by atoms with van der Waals surface area (Å²) < 4.78 is 15.5. The van der Waals surface area contributed by atoms with Crippen molar-refractivity contribution >= 4 is 23.7 Å². The SMILES string of the molecule is COc1cc(O)c(C=NNC(=O)COc2cccc(Cl)c2)c(OC)c1. The Morgan fingerprint density at radius 1 is 1.24 bits per heavy atom. The second-order valence-electron chi connectivity index (χ2n) is 4.80. The number of nitrogens with one attached hydrogen (secondary N) is 1. The average molecular weight is 365 g/mol. The summed E-state index contributed by atoms with van der Waals surface area (Å²) in [4.78, 5) is 11.7. The maximum absolute atomic E-state index is 11.7. The van der Waals surface area contributed by atoms with E-state index >= 15 is 0 Å². The molecule has 7 nitrogen and oxygen atoms in total. The van der Waals surface area contributed by atoms with Crippen LogP contribution in [0.1, 0.15) is 5.56 Å². The van der Waals surface area contributed by atoms with Crippen LogP contribution >= 0.6 is 11.6 Å². The Labute approximate surface area is 149 Å². The van der Waals surface area contributed by atoms with Crippen molar-refractivity contribution in [3.8, 4) is 23.0 Å². The summed E-state index contributed by atoms with van der Waals surface area (Å²) >= 11 is 5.83. The van der Waals surface area contributed by atoms with E-state index in [1.165, 1.54) is 26.5 Å². The molecule has 132 valence electrons. The fraction of sp³-hybridized carbons (Fsp3) is 0.176. The standard InChI is InChI=1S/C17H17ClN2O5/c1-23-13-7-15(21)14(16(8-13)24-2)9-19-20-17(22)10-25-12-5-3-4-11(18)6-12/h3-9,21H,10H2,1-2H3,(H,20,22). The first-order valence-corrected chi connectivity index (χ1v) is 7.56. The van der Waals surface area contributed by atoms with Crippen molar-refractivity contribution in [1.82, 2.24) is 5.43 Å². The third-order valence-corrected chi connectivity index (χ3v) is 3.33. The largest absolute Gasteiger partial charge is 0.507 e. The number of hydrogen-bond acceptors (Lipinski definition) is 6. The number of hydrazone groups is 1. The highest BCUT2D eigenvalue weighted by Gasteiger charge is 2.10. The molecular formula is C17H17ClN2O5. The lowest BCUT2D eigenvalue weighted by Gasteiger charge is -2.09. The molecule has 0 spiro atoms. The molecule has 1 amide bonds. The number of benzene rings is 2. The number of phenolic OH excluding ortho intramolecular Hbond substituents is 1. The minimum Gasteiger partial charge on any atom is -0.507 e. The van der Waals surface area contributed by atoms with Gasteiger partial charge in [-0.2, -0.15) is 5.10 Å². The first kappa shape index (κ1) is 18.4. The zero-order valence-corrected chi connectivity index (χ0v) is 14.4. The molecule has 0 saturated carbocycles. The lowest BCUT2D eigenvalue weighted by molar-refractivity contribution is -0.123. The van der Waals surface area contributed by atoms with Crippen molar-refractivity contribution in [2.24, 2.45) is 5.10 Å². The zero-order valence-electron chi connectivity index (χ0n) is 13.7. The fourth-order valence-electron chi connectivity index (χ4n) is 1.91. The van der Waals surface area contributed by atoms with Gasteiger partial charge in [0.25, 0.3) is 5.91 Å². The number of methoxy groups -OCH3 is 2. The molecule has 0 unspecified atom stereocenters. The van der Waals surface area contributed by atoms with E-state index in [2.05, 4.69) is 10.5 Å². The number of carbonyl (C=O) groups excluding carboxylic acids is 1. The highest BCUT2D eigenvalue weighted by Crippen LogP contribution is 2.31. The van der Waals surface area contributed by atoms with Gasteiger partial charge in [0, 0.05) is 17.2 Å². The number of phenols is 1. The van der Waals surface area contributed by atoms with Crippen LogP contribution in [0.5, 0.6) is 23.0 Å². The van der Waals surface area contributed by atoms with Crippen LogP contribution in [0.2, 0.25) is 5.02 Å². The highest BCUT2D eigenvalue weighted by atomic mass is 35.5. The summed E-state index contributed by atoms with van der Waals surface area (Å²) in [5.74, 6) is 0.698. The minimum atomic E-state index is -0.469.